The van der Waals surface area contributed by atoms with Crippen LogP contribution in [-0.2, 0) is 9.59 Å². The van der Waals surface area contributed by atoms with Gasteiger partial charge in [-0.15, -0.1) is 0 Å². The first-order valence-corrected chi connectivity index (χ1v) is 6.58. The minimum Gasteiger partial charge on any atom is -0.291 e. The Hall–Kier alpha value is -0.660. The molecule has 2 rings (SSSR count). The third kappa shape index (κ3) is 1.54. The second-order valence-corrected chi connectivity index (χ2v) is 5.93. The van der Waals surface area contributed by atoms with Gasteiger partial charge in [-0.1, -0.05) is 33.6 Å². The molecule has 0 aromatic rings. The fourth-order valence-corrected chi connectivity index (χ4v) is 3.73. The molecular formula is C14H22O2. The second-order valence-electron chi connectivity index (χ2n) is 5.93. The first-order chi connectivity index (χ1) is 7.50. The van der Waals surface area contributed by atoms with E-state index in [0.717, 1.165) is 25.7 Å². The van der Waals surface area contributed by atoms with Crippen LogP contribution in [0.1, 0.15) is 52.9 Å². The van der Waals surface area contributed by atoms with Gasteiger partial charge in [0.2, 0.25) is 11.6 Å². The van der Waals surface area contributed by atoms with E-state index in [4.69, 9.17) is 0 Å². The highest BCUT2D eigenvalue weighted by Gasteiger charge is 2.52. The second kappa shape index (κ2) is 3.97. The first-order valence-electron chi connectivity index (χ1n) is 6.58. The summed E-state index contributed by atoms with van der Waals surface area (Å²) in [5, 5.41) is 0. The Kier molecular flexibility index (Phi) is 2.93. The molecule has 2 aliphatic carbocycles. The van der Waals surface area contributed by atoms with Crippen molar-refractivity contribution in [1.29, 1.82) is 0 Å². The monoisotopic (exact) mass is 222 g/mol. The van der Waals surface area contributed by atoms with E-state index in [2.05, 4.69) is 13.8 Å². The van der Waals surface area contributed by atoms with E-state index in [1.54, 1.807) is 0 Å². The first kappa shape index (κ1) is 11.8. The van der Waals surface area contributed by atoms with Crippen molar-refractivity contribution in [1.82, 2.24) is 0 Å². The third-order valence-electron chi connectivity index (χ3n) is 5.16. The maximum atomic E-state index is 12.1. The predicted molar refractivity (Wildman–Crippen MR) is 63.0 cm³/mol. The van der Waals surface area contributed by atoms with Crippen molar-refractivity contribution < 1.29 is 9.59 Å². The number of carbonyl (C=O) groups is 2. The number of hydrogen-bond acceptors (Lipinski definition) is 2. The normalized spacial score (nSPS) is 44.3. The Bertz CT molecular complexity index is 321. The number of carbonyl (C=O) groups excluding carboxylic acids is 2. The number of ketones is 2. The maximum Gasteiger partial charge on any atom is 0.202 e. The van der Waals surface area contributed by atoms with Gasteiger partial charge in [-0.3, -0.25) is 9.59 Å². The molecule has 2 aliphatic rings. The lowest BCUT2D eigenvalue weighted by Crippen LogP contribution is -2.51. The Balaban J connectivity index is 2.33. The Labute approximate surface area is 97.8 Å². The summed E-state index contributed by atoms with van der Waals surface area (Å²) in [6.45, 7) is 6.50. The molecule has 90 valence electrons. The summed E-state index contributed by atoms with van der Waals surface area (Å²) < 4.78 is 0. The minimum absolute atomic E-state index is 0.00528. The Morgan fingerprint density at radius 1 is 1.25 bits per heavy atom. The van der Waals surface area contributed by atoms with E-state index >= 15 is 0 Å². The van der Waals surface area contributed by atoms with Gasteiger partial charge in [-0.25, -0.2) is 0 Å². The van der Waals surface area contributed by atoms with E-state index in [-0.39, 0.29) is 28.8 Å². The van der Waals surface area contributed by atoms with Crippen molar-refractivity contribution in [2.75, 3.05) is 0 Å². The van der Waals surface area contributed by atoms with E-state index in [1.165, 1.54) is 6.42 Å². The van der Waals surface area contributed by atoms with Crippen LogP contribution in [0, 0.1) is 23.2 Å². The molecule has 0 radical (unpaired) electrons. The topological polar surface area (TPSA) is 34.1 Å². The zero-order chi connectivity index (χ0) is 11.9. The molecule has 0 aromatic carbocycles. The number of Topliss-reactive ketones (excluding diaryl/α,β-unsaturated/α-hetero) is 2. The summed E-state index contributed by atoms with van der Waals surface area (Å²) >= 11 is 0. The van der Waals surface area contributed by atoms with E-state index < -0.39 is 0 Å². The summed E-state index contributed by atoms with van der Waals surface area (Å²) in [5.74, 6) is 0.449. The van der Waals surface area contributed by atoms with Gasteiger partial charge in [-0.2, -0.15) is 0 Å². The van der Waals surface area contributed by atoms with Crippen LogP contribution in [0.3, 0.4) is 0 Å². The summed E-state index contributed by atoms with van der Waals surface area (Å²) in [5.41, 5.74) is 0.0872. The van der Waals surface area contributed by atoms with E-state index in [9.17, 15) is 9.59 Å². The van der Waals surface area contributed by atoms with Crippen LogP contribution in [-0.4, -0.2) is 11.6 Å². The van der Waals surface area contributed by atoms with Crippen LogP contribution < -0.4 is 0 Å². The molecule has 0 unspecified atom stereocenters. The lowest BCUT2D eigenvalue weighted by Gasteiger charge is -2.49. The lowest BCUT2D eigenvalue weighted by atomic mass is 9.53. The van der Waals surface area contributed by atoms with Crippen molar-refractivity contribution in [3.8, 4) is 0 Å². The van der Waals surface area contributed by atoms with Gasteiger partial charge in [0.1, 0.15) is 0 Å². The van der Waals surface area contributed by atoms with E-state index in [1.807, 2.05) is 6.92 Å². The van der Waals surface area contributed by atoms with Crippen LogP contribution in [0.4, 0.5) is 0 Å². The quantitative estimate of drug-likeness (QED) is 0.639. The molecule has 2 fully saturated rings. The molecule has 2 saturated carbocycles. The van der Waals surface area contributed by atoms with Gasteiger partial charge in [0, 0.05) is 11.8 Å². The fraction of sp³-hybridized carbons (Fsp3) is 0.857. The Morgan fingerprint density at radius 2 is 1.94 bits per heavy atom. The predicted octanol–water partition coefficient (Wildman–Crippen LogP) is 3.00. The van der Waals surface area contributed by atoms with Gasteiger partial charge in [0.15, 0.2) is 0 Å². The molecule has 2 nitrogen and oxygen atoms in total. The molecule has 0 saturated heterocycles. The number of fused-ring (bicyclic) bond motifs is 1. The zero-order valence-corrected chi connectivity index (χ0v) is 10.6. The number of rotatable bonds is 1. The molecule has 0 amide bonds. The molecule has 0 bridgehead atoms. The van der Waals surface area contributed by atoms with Crippen molar-refractivity contribution in [2.45, 2.75) is 52.9 Å². The van der Waals surface area contributed by atoms with Crippen molar-refractivity contribution in [2.24, 2.45) is 23.2 Å². The maximum absolute atomic E-state index is 12.1. The molecule has 2 heteroatoms. The van der Waals surface area contributed by atoms with Gasteiger partial charge in [-0.05, 0) is 30.6 Å². The molecule has 0 spiro atoms. The van der Waals surface area contributed by atoms with Crippen molar-refractivity contribution >= 4 is 11.6 Å². The summed E-state index contributed by atoms with van der Waals surface area (Å²) in [4.78, 5) is 24.0. The standard InChI is InChI=1S/C14H22O2/c1-4-10-8-14(3)9(2)6-5-7-11(14)13(16)12(10)15/h9-11H,4-8H2,1-3H3/t9-,10-,11+,14+/m0/s1. The highest BCUT2D eigenvalue weighted by atomic mass is 16.2. The number of hydrogen-bond donors (Lipinski definition) is 0. The Morgan fingerprint density at radius 3 is 2.56 bits per heavy atom. The third-order valence-corrected chi connectivity index (χ3v) is 5.16. The van der Waals surface area contributed by atoms with Gasteiger partial charge < -0.3 is 0 Å². The summed E-state index contributed by atoms with van der Waals surface area (Å²) in [6, 6.07) is 0. The molecule has 0 aliphatic heterocycles. The van der Waals surface area contributed by atoms with Crippen LogP contribution in [0.5, 0.6) is 0 Å². The van der Waals surface area contributed by atoms with Crippen molar-refractivity contribution in [3.05, 3.63) is 0 Å². The highest BCUT2D eigenvalue weighted by molar-refractivity contribution is 6.39. The van der Waals surface area contributed by atoms with Crippen molar-refractivity contribution in [3.63, 3.8) is 0 Å². The molecular weight excluding hydrogens is 200 g/mol. The highest BCUT2D eigenvalue weighted by Crippen LogP contribution is 2.52. The molecule has 0 heterocycles. The average Bonchev–Trinajstić information content (AvgIpc) is 2.27. The van der Waals surface area contributed by atoms with Gasteiger partial charge in [0.25, 0.3) is 0 Å². The zero-order valence-electron chi connectivity index (χ0n) is 10.6. The van der Waals surface area contributed by atoms with Crippen LogP contribution in [0.25, 0.3) is 0 Å². The van der Waals surface area contributed by atoms with Crippen LogP contribution in [0.15, 0.2) is 0 Å². The largest absolute Gasteiger partial charge is 0.291 e. The molecule has 4 atom stereocenters. The SMILES string of the molecule is CC[C@H]1C[C@@]2(C)[C@H](CCC[C@@H]2C)C(=O)C1=O. The van der Waals surface area contributed by atoms with Crippen LogP contribution >= 0.6 is 0 Å². The van der Waals surface area contributed by atoms with Gasteiger partial charge in [0.05, 0.1) is 0 Å². The smallest absolute Gasteiger partial charge is 0.202 e. The molecule has 16 heavy (non-hydrogen) atoms. The van der Waals surface area contributed by atoms with Crippen LogP contribution in [0.2, 0.25) is 0 Å². The van der Waals surface area contributed by atoms with Gasteiger partial charge >= 0.3 is 0 Å². The summed E-state index contributed by atoms with van der Waals surface area (Å²) in [6.07, 6.45) is 5.00. The molecule has 0 aromatic heterocycles. The lowest BCUT2D eigenvalue weighted by molar-refractivity contribution is -0.153. The van der Waals surface area contributed by atoms with E-state index in [0.29, 0.717) is 5.92 Å². The fourth-order valence-electron chi connectivity index (χ4n) is 3.73. The average molecular weight is 222 g/mol. The summed E-state index contributed by atoms with van der Waals surface area (Å²) in [7, 11) is 0. The minimum atomic E-state index is -0.0842. The molecule has 0 N–H and O–H groups in total.